The van der Waals surface area contributed by atoms with E-state index in [1.54, 1.807) is 18.4 Å². The van der Waals surface area contributed by atoms with Crippen LogP contribution >= 0.6 is 11.3 Å². The summed E-state index contributed by atoms with van der Waals surface area (Å²) >= 11 is 1.33. The monoisotopic (exact) mass is 222 g/mol. The third-order valence-electron chi connectivity index (χ3n) is 1.56. The molecular formula is C11H10O3S. The number of ether oxygens (including phenoxy) is 1. The zero-order valence-corrected chi connectivity index (χ0v) is 9.10. The maximum atomic E-state index is 10.9. The summed E-state index contributed by atoms with van der Waals surface area (Å²) in [6, 6.07) is 1.76. The number of aldehydes is 1. The van der Waals surface area contributed by atoms with Crippen LogP contribution in [0.5, 0.6) is 0 Å². The smallest absolute Gasteiger partial charge is 0.317 e. The minimum Gasteiger partial charge on any atom is -0.465 e. The van der Waals surface area contributed by atoms with Crippen LogP contribution in [-0.2, 0) is 9.53 Å². The first-order chi connectivity index (χ1) is 7.27. The zero-order chi connectivity index (χ0) is 11.1. The van der Waals surface area contributed by atoms with Crippen LogP contribution in [0.3, 0.4) is 0 Å². The minimum atomic E-state index is -0.340. The van der Waals surface area contributed by atoms with Gasteiger partial charge < -0.3 is 4.74 Å². The van der Waals surface area contributed by atoms with E-state index in [1.807, 2.05) is 0 Å². The third kappa shape index (κ3) is 3.56. The van der Waals surface area contributed by atoms with Gasteiger partial charge in [-0.05, 0) is 18.4 Å². The number of rotatable bonds is 3. The van der Waals surface area contributed by atoms with Gasteiger partial charge in [0.25, 0.3) is 0 Å². The maximum absolute atomic E-state index is 10.9. The predicted molar refractivity (Wildman–Crippen MR) is 57.8 cm³/mol. The molecule has 0 aliphatic rings. The van der Waals surface area contributed by atoms with Crippen LogP contribution in [0.25, 0.3) is 0 Å². The van der Waals surface area contributed by atoms with E-state index in [0.29, 0.717) is 17.0 Å². The molecule has 0 radical (unpaired) electrons. The first-order valence-electron chi connectivity index (χ1n) is 4.45. The van der Waals surface area contributed by atoms with Crippen molar-refractivity contribution in [3.05, 3.63) is 21.9 Å². The van der Waals surface area contributed by atoms with Crippen LogP contribution in [0.2, 0.25) is 0 Å². The molecule has 1 heterocycles. The van der Waals surface area contributed by atoms with Gasteiger partial charge >= 0.3 is 5.97 Å². The summed E-state index contributed by atoms with van der Waals surface area (Å²) in [7, 11) is 0. The van der Waals surface area contributed by atoms with E-state index in [0.717, 1.165) is 6.29 Å². The summed E-state index contributed by atoms with van der Waals surface area (Å²) in [5.41, 5.74) is 0.666. The van der Waals surface area contributed by atoms with E-state index >= 15 is 0 Å². The molecule has 4 heteroatoms. The molecule has 0 spiro atoms. The molecule has 0 fully saturated rings. The fraction of sp³-hybridized carbons (Fsp3) is 0.273. The van der Waals surface area contributed by atoms with Gasteiger partial charge in [-0.2, -0.15) is 0 Å². The molecule has 0 amide bonds. The summed E-state index contributed by atoms with van der Waals surface area (Å²) in [6.07, 6.45) is 0.820. The highest BCUT2D eigenvalue weighted by atomic mass is 32.1. The van der Waals surface area contributed by atoms with Crippen molar-refractivity contribution >= 4 is 23.6 Å². The first kappa shape index (κ1) is 11.5. The molecule has 0 saturated carbocycles. The van der Waals surface area contributed by atoms with Gasteiger partial charge in [0.2, 0.25) is 0 Å². The van der Waals surface area contributed by atoms with E-state index < -0.39 is 0 Å². The van der Waals surface area contributed by atoms with E-state index in [4.69, 9.17) is 4.74 Å². The Morgan fingerprint density at radius 2 is 2.47 bits per heavy atom. The van der Waals surface area contributed by atoms with Crippen LogP contribution in [0.1, 0.15) is 28.6 Å². The molecule has 0 atom stereocenters. The Morgan fingerprint density at radius 1 is 1.67 bits per heavy atom. The maximum Gasteiger partial charge on any atom is 0.317 e. The Kier molecular flexibility index (Phi) is 4.58. The van der Waals surface area contributed by atoms with E-state index in [2.05, 4.69) is 11.8 Å². The fourth-order valence-electron chi connectivity index (χ4n) is 0.939. The van der Waals surface area contributed by atoms with Gasteiger partial charge in [0.1, 0.15) is 6.42 Å². The van der Waals surface area contributed by atoms with Crippen LogP contribution in [0.4, 0.5) is 0 Å². The lowest BCUT2D eigenvalue weighted by Gasteiger charge is -1.94. The molecule has 0 aromatic carbocycles. The average molecular weight is 222 g/mol. The van der Waals surface area contributed by atoms with Crippen LogP contribution in [0, 0.1) is 11.8 Å². The molecule has 0 aliphatic heterocycles. The zero-order valence-electron chi connectivity index (χ0n) is 8.28. The second kappa shape index (κ2) is 5.99. The second-order valence-electron chi connectivity index (χ2n) is 2.60. The van der Waals surface area contributed by atoms with Crippen molar-refractivity contribution in [1.29, 1.82) is 0 Å². The van der Waals surface area contributed by atoms with Crippen LogP contribution < -0.4 is 0 Å². The van der Waals surface area contributed by atoms with Gasteiger partial charge in [-0.3, -0.25) is 9.59 Å². The molecule has 1 aromatic heterocycles. The normalized spacial score (nSPS) is 8.87. The van der Waals surface area contributed by atoms with E-state index in [1.165, 1.54) is 11.3 Å². The highest BCUT2D eigenvalue weighted by Crippen LogP contribution is 2.12. The number of esters is 1. The topological polar surface area (TPSA) is 43.4 Å². The Hall–Kier alpha value is -1.60. The molecule has 78 valence electrons. The molecular weight excluding hydrogens is 212 g/mol. The lowest BCUT2D eigenvalue weighted by Crippen LogP contribution is -2.01. The van der Waals surface area contributed by atoms with Crippen molar-refractivity contribution in [3.8, 4) is 11.8 Å². The molecule has 3 nitrogen and oxygen atoms in total. The molecule has 0 N–H and O–H groups in total. The van der Waals surface area contributed by atoms with Crippen molar-refractivity contribution in [1.82, 2.24) is 0 Å². The van der Waals surface area contributed by atoms with Crippen molar-refractivity contribution in [3.63, 3.8) is 0 Å². The lowest BCUT2D eigenvalue weighted by molar-refractivity contribution is -0.141. The average Bonchev–Trinajstić information content (AvgIpc) is 2.66. The van der Waals surface area contributed by atoms with Gasteiger partial charge in [-0.1, -0.05) is 11.8 Å². The molecule has 0 saturated heterocycles. The van der Waals surface area contributed by atoms with Crippen LogP contribution in [0.15, 0.2) is 11.4 Å². The SMILES string of the molecule is CCOC(=O)CC#Cc1ccsc1C=O. The molecule has 1 rings (SSSR count). The van der Waals surface area contributed by atoms with E-state index in [9.17, 15) is 9.59 Å². The van der Waals surface area contributed by atoms with Crippen molar-refractivity contribution in [2.45, 2.75) is 13.3 Å². The molecule has 0 aliphatic carbocycles. The highest BCUT2D eigenvalue weighted by molar-refractivity contribution is 7.11. The summed E-state index contributed by atoms with van der Waals surface area (Å²) < 4.78 is 4.71. The van der Waals surface area contributed by atoms with Gasteiger partial charge in [0, 0.05) is 5.56 Å². The number of carbonyl (C=O) groups excluding carboxylic acids is 2. The summed E-state index contributed by atoms with van der Waals surface area (Å²) in [4.78, 5) is 22.1. The summed E-state index contributed by atoms with van der Waals surface area (Å²) in [6.45, 7) is 2.10. The molecule has 1 aromatic rings. The van der Waals surface area contributed by atoms with Crippen molar-refractivity contribution in [2.75, 3.05) is 6.61 Å². The Morgan fingerprint density at radius 3 is 3.13 bits per heavy atom. The summed E-state index contributed by atoms with van der Waals surface area (Å²) in [5.74, 6) is 5.09. The van der Waals surface area contributed by atoms with Gasteiger partial charge in [-0.15, -0.1) is 11.3 Å². The minimum absolute atomic E-state index is 0.0575. The number of carbonyl (C=O) groups is 2. The quantitative estimate of drug-likeness (QED) is 0.445. The van der Waals surface area contributed by atoms with Crippen molar-refractivity contribution < 1.29 is 14.3 Å². The van der Waals surface area contributed by atoms with Gasteiger partial charge in [0.15, 0.2) is 6.29 Å². The van der Waals surface area contributed by atoms with Gasteiger partial charge in [-0.25, -0.2) is 0 Å². The first-order valence-corrected chi connectivity index (χ1v) is 5.33. The molecule has 15 heavy (non-hydrogen) atoms. The van der Waals surface area contributed by atoms with E-state index in [-0.39, 0.29) is 12.4 Å². The third-order valence-corrected chi connectivity index (χ3v) is 2.41. The number of hydrogen-bond donors (Lipinski definition) is 0. The number of thiophene rings is 1. The summed E-state index contributed by atoms with van der Waals surface area (Å²) in [5, 5.41) is 1.79. The Labute approximate surface area is 92.1 Å². The van der Waals surface area contributed by atoms with Crippen molar-refractivity contribution in [2.24, 2.45) is 0 Å². The van der Waals surface area contributed by atoms with Gasteiger partial charge in [0.05, 0.1) is 11.5 Å². The second-order valence-corrected chi connectivity index (χ2v) is 3.55. The Balaban J connectivity index is 2.58. The lowest BCUT2D eigenvalue weighted by atomic mass is 10.2. The Bertz CT molecular complexity index is 409. The highest BCUT2D eigenvalue weighted by Gasteiger charge is 1.99. The number of hydrogen-bond acceptors (Lipinski definition) is 4. The molecule has 0 bridgehead atoms. The fourth-order valence-corrected chi connectivity index (χ4v) is 1.59. The largest absolute Gasteiger partial charge is 0.465 e. The molecule has 0 unspecified atom stereocenters. The standard InChI is InChI=1S/C11H10O3S/c1-2-14-11(13)5-3-4-9-6-7-15-10(9)8-12/h6-8H,2,5H2,1H3. The predicted octanol–water partition coefficient (Wildman–Crippen LogP) is 1.87. The van der Waals surface area contributed by atoms with Crippen LogP contribution in [-0.4, -0.2) is 18.9 Å².